The fourth-order valence-corrected chi connectivity index (χ4v) is 15.8. The minimum Gasteiger partial charge on any atom is -0.381 e. The van der Waals surface area contributed by atoms with Crippen molar-refractivity contribution in [2.24, 2.45) is 33.6 Å². The first kappa shape index (κ1) is 66.8. The standard InChI is InChI=1S/C20H24F4N6S.C20H25F3N6S.C18H18F3N7OS/c1-18(21)9-13(25)19(11-18)4-7-30(8-5-19)14-10-28-17(16(26)29-14)31-12-3-2-6-27-15(12)20(22,23)24;1-12-9-14(24)19(10-12)4-7-29(8-5-19)15-11-27-18(17(25)28-15)30-13-3-2-6-26-16(13)20(21,22)23;19-18(20,21)13-10(2-1-5-24-13)30-15-14(22)26-11(9-25-15)28-6-3-17(4-7-28)8-12(29)27-16(17)23/h2-3,6,10,13H,4-5,7-9,11,25H2,1H3,(H2,26,29);2-3,6,11-12,14H,4-5,7-10,24H2,1H3,(H2,25,28);1-2,5,9H,3-4,6-8H2,(H2,22,26)(H2,23,27,29)/t;12-,14+;/m.0./s1. The van der Waals surface area contributed by atoms with Crippen molar-refractivity contribution in [3.63, 3.8) is 0 Å². The third-order valence-electron chi connectivity index (χ3n) is 17.8. The number of anilines is 6. The first-order valence-corrected chi connectivity index (χ1v) is 31.6. The third-order valence-corrected chi connectivity index (χ3v) is 21.0. The summed E-state index contributed by atoms with van der Waals surface area (Å²) < 4.78 is 133. The molecule has 6 aromatic heterocycles. The van der Waals surface area contributed by atoms with E-state index in [4.69, 9.17) is 34.1 Å². The summed E-state index contributed by atoms with van der Waals surface area (Å²) in [4.78, 5) is 53.6. The van der Waals surface area contributed by atoms with Crippen LogP contribution >= 0.6 is 35.3 Å². The summed E-state index contributed by atoms with van der Waals surface area (Å²) >= 11 is 2.37. The lowest BCUT2D eigenvalue weighted by Gasteiger charge is -2.42. The molecule has 33 heteroatoms. The SMILES string of the molecule is CC1(F)CC(N)C2(CCN(c3cnc(Sc4cccnc4C(F)(F)F)c(N)n3)CC2)C1.C[C@H]1C[C@@H](N)C2(CCN(c3cnc(Sc4cccnc4C(F)(F)F)c(N)n3)CC2)C1.N=C1NC(=O)CC12CCN(c1cnc(Sc3cccnc3C(F)(F)F)c(N)n1)CC2. The van der Waals surface area contributed by atoms with E-state index in [-0.39, 0.29) is 81.9 Å². The molecule has 3 spiro atoms. The molecule has 2 aliphatic carbocycles. The highest BCUT2D eigenvalue weighted by Gasteiger charge is 2.53. The van der Waals surface area contributed by atoms with E-state index in [1.165, 1.54) is 48.8 Å². The van der Waals surface area contributed by atoms with Crippen LogP contribution in [-0.2, 0) is 23.3 Å². The monoisotopic (exact) mass is 1330 g/mol. The largest absolute Gasteiger partial charge is 0.434 e. The maximum absolute atomic E-state index is 14.5. The van der Waals surface area contributed by atoms with Gasteiger partial charge in [0.05, 0.1) is 18.6 Å². The van der Waals surface area contributed by atoms with Gasteiger partial charge in [0.1, 0.15) is 44.0 Å². The zero-order chi connectivity index (χ0) is 65.5. The third kappa shape index (κ3) is 15.0. The molecule has 2 saturated carbocycles. The molecular formula is C58H67F10N19OS3. The predicted octanol–water partition coefficient (Wildman–Crippen LogP) is 10.7. The molecule has 4 aliphatic heterocycles. The van der Waals surface area contributed by atoms with Gasteiger partial charge in [0.15, 0.2) is 34.5 Å². The van der Waals surface area contributed by atoms with Crippen LogP contribution in [0, 0.1) is 27.6 Å². The molecule has 4 saturated heterocycles. The van der Waals surface area contributed by atoms with E-state index in [2.05, 4.69) is 62.0 Å². The van der Waals surface area contributed by atoms with Crippen molar-refractivity contribution in [1.29, 1.82) is 5.41 Å². The van der Waals surface area contributed by atoms with Crippen molar-refractivity contribution in [2.45, 2.75) is 151 Å². The number of carbonyl (C=O) groups is 1. The van der Waals surface area contributed by atoms with E-state index < -0.39 is 46.7 Å². The molecule has 6 aliphatic rings. The average Bonchev–Trinajstić information content (AvgIpc) is 1.69. The molecule has 1 amide bonds. The smallest absolute Gasteiger partial charge is 0.381 e. The number of aromatic nitrogens is 9. The van der Waals surface area contributed by atoms with Gasteiger partial charge in [0.2, 0.25) is 5.91 Å². The Balaban J connectivity index is 0.000000150. The Hall–Kier alpha value is -7.10. The van der Waals surface area contributed by atoms with Gasteiger partial charge < -0.3 is 48.7 Å². The number of carbonyl (C=O) groups excluding carboxylic acids is 1. The van der Waals surface area contributed by atoms with Gasteiger partial charge in [0.25, 0.3) is 0 Å². The molecule has 6 fully saturated rings. The Morgan fingerprint density at radius 3 is 1.22 bits per heavy atom. The van der Waals surface area contributed by atoms with Crippen molar-refractivity contribution in [1.82, 2.24) is 50.2 Å². The highest BCUT2D eigenvalue weighted by molar-refractivity contribution is 8.00. The van der Waals surface area contributed by atoms with E-state index >= 15 is 0 Å². The topological polar surface area (TPSA) is 309 Å². The summed E-state index contributed by atoms with van der Waals surface area (Å²) in [6.45, 7) is 7.94. The van der Waals surface area contributed by atoms with Crippen LogP contribution in [0.2, 0.25) is 0 Å². The van der Waals surface area contributed by atoms with Gasteiger partial charge in [-0.25, -0.2) is 34.3 Å². The highest BCUT2D eigenvalue weighted by atomic mass is 32.2. The molecule has 0 aromatic carbocycles. The molecule has 10 heterocycles. The fraction of sp³-hybridized carbons (Fsp3) is 0.500. The minimum atomic E-state index is -4.58. The predicted molar refractivity (Wildman–Crippen MR) is 325 cm³/mol. The summed E-state index contributed by atoms with van der Waals surface area (Å²) in [6, 6.07) is 8.36. The number of nitrogens with two attached hydrogens (primary N) is 5. The van der Waals surface area contributed by atoms with Gasteiger partial charge in [-0.2, -0.15) is 39.5 Å². The second-order valence-electron chi connectivity index (χ2n) is 24.2. The van der Waals surface area contributed by atoms with Crippen LogP contribution in [-0.4, -0.2) is 114 Å². The summed E-state index contributed by atoms with van der Waals surface area (Å²) in [6.07, 6.45) is 2.28. The van der Waals surface area contributed by atoms with E-state index in [1.807, 2.05) is 9.80 Å². The Morgan fingerprint density at radius 1 is 0.560 bits per heavy atom. The van der Waals surface area contributed by atoms with Gasteiger partial charge in [-0.1, -0.05) is 42.2 Å². The molecule has 20 nitrogen and oxygen atoms in total. The summed E-state index contributed by atoms with van der Waals surface area (Å²) in [5.41, 5.74) is 26.1. The fourth-order valence-electron chi connectivity index (χ4n) is 13.2. The lowest BCUT2D eigenvalue weighted by atomic mass is 9.74. The number of nitrogens with zero attached hydrogens (tertiary/aromatic N) is 12. The molecule has 91 heavy (non-hydrogen) atoms. The van der Waals surface area contributed by atoms with E-state index in [0.717, 1.165) is 105 Å². The first-order valence-electron chi connectivity index (χ1n) is 29.2. The Morgan fingerprint density at radius 2 is 0.923 bits per heavy atom. The number of nitrogens with one attached hydrogen (secondary N) is 2. The second kappa shape index (κ2) is 26.1. The summed E-state index contributed by atoms with van der Waals surface area (Å²) in [5, 5.41) is 11.2. The Labute approximate surface area is 529 Å². The summed E-state index contributed by atoms with van der Waals surface area (Å²) in [5.74, 6) is 2.69. The molecule has 6 aromatic rings. The Bertz CT molecular complexity index is 3620. The molecule has 12 N–H and O–H groups in total. The molecular weight excluding hydrogens is 1260 g/mol. The van der Waals surface area contributed by atoms with E-state index in [9.17, 15) is 48.7 Å². The number of amides is 1. The zero-order valence-electron chi connectivity index (χ0n) is 49.3. The number of piperidine rings is 3. The molecule has 12 rings (SSSR count). The number of halogens is 10. The quantitative estimate of drug-likeness (QED) is 0.0662. The van der Waals surface area contributed by atoms with Crippen LogP contribution in [0.3, 0.4) is 0 Å². The lowest BCUT2D eigenvalue weighted by Crippen LogP contribution is -2.47. The average molecular weight is 1330 g/mol. The number of pyridine rings is 3. The molecule has 0 radical (unpaired) electrons. The molecule has 0 bridgehead atoms. The maximum atomic E-state index is 14.5. The number of amidine groups is 1. The van der Waals surface area contributed by atoms with Crippen molar-refractivity contribution in [3.05, 3.63) is 90.7 Å². The Kier molecular flexibility index (Phi) is 19.2. The van der Waals surface area contributed by atoms with Crippen LogP contribution in [0.5, 0.6) is 0 Å². The van der Waals surface area contributed by atoms with Gasteiger partial charge in [0, 0.05) is 96.5 Å². The number of rotatable bonds is 9. The summed E-state index contributed by atoms with van der Waals surface area (Å²) in [7, 11) is 0. The number of hydrogen-bond donors (Lipinski definition) is 7. The van der Waals surface area contributed by atoms with Crippen LogP contribution in [0.15, 0.2) is 103 Å². The van der Waals surface area contributed by atoms with E-state index in [0.29, 0.717) is 81.7 Å². The molecule has 2 unspecified atom stereocenters. The van der Waals surface area contributed by atoms with Gasteiger partial charge in [-0.05, 0) is 124 Å². The molecule has 4 atom stereocenters. The van der Waals surface area contributed by atoms with Gasteiger partial charge in [-0.3, -0.25) is 25.2 Å². The van der Waals surface area contributed by atoms with E-state index in [1.54, 1.807) is 13.1 Å². The normalized spacial score (nSPS) is 22.8. The van der Waals surface area contributed by atoms with Gasteiger partial charge >= 0.3 is 18.5 Å². The van der Waals surface area contributed by atoms with Crippen molar-refractivity contribution < 1.29 is 48.7 Å². The number of hydrogen-bond acceptors (Lipinski definition) is 22. The number of nitrogen functional groups attached to an aromatic ring is 3. The van der Waals surface area contributed by atoms with Crippen LogP contribution in [0.4, 0.5) is 78.8 Å². The second-order valence-corrected chi connectivity index (χ2v) is 27.3. The maximum Gasteiger partial charge on any atom is 0.434 e. The van der Waals surface area contributed by atoms with Gasteiger partial charge in [-0.15, -0.1) is 0 Å². The zero-order valence-corrected chi connectivity index (χ0v) is 51.8. The van der Waals surface area contributed by atoms with Crippen molar-refractivity contribution in [3.8, 4) is 0 Å². The van der Waals surface area contributed by atoms with Crippen molar-refractivity contribution >= 4 is 81.9 Å². The van der Waals surface area contributed by atoms with Crippen LogP contribution in [0.1, 0.15) is 102 Å². The minimum absolute atomic E-state index is 0.0280. The molecule has 488 valence electrons. The van der Waals surface area contributed by atoms with Crippen molar-refractivity contribution in [2.75, 3.05) is 71.2 Å². The van der Waals surface area contributed by atoms with Crippen LogP contribution < -0.4 is 48.7 Å². The number of alkyl halides is 10. The lowest BCUT2D eigenvalue weighted by molar-refractivity contribution is -0.144. The first-order chi connectivity index (χ1) is 42.8. The highest BCUT2D eigenvalue weighted by Crippen LogP contribution is 2.53. The van der Waals surface area contributed by atoms with Crippen LogP contribution in [0.25, 0.3) is 0 Å².